The van der Waals surface area contributed by atoms with E-state index < -0.39 is 0 Å². The van der Waals surface area contributed by atoms with Crippen LogP contribution in [0.3, 0.4) is 0 Å². The third kappa shape index (κ3) is 5.26. The van der Waals surface area contributed by atoms with E-state index >= 15 is 0 Å². The summed E-state index contributed by atoms with van der Waals surface area (Å²) in [4.78, 5) is 1.97. The molecule has 1 rings (SSSR count). The largest absolute Gasteiger partial charge is 0.380 e. The van der Waals surface area contributed by atoms with E-state index in [1.165, 1.54) is 11.3 Å². The van der Waals surface area contributed by atoms with Gasteiger partial charge in [-0.05, 0) is 18.6 Å². The SMILES string of the molecule is CCCCOCCNCc1ccc(C#N)s1. The molecule has 88 valence electrons. The molecule has 16 heavy (non-hydrogen) atoms. The summed E-state index contributed by atoms with van der Waals surface area (Å²) in [5.41, 5.74) is 0. The molecule has 0 saturated carbocycles. The van der Waals surface area contributed by atoms with Crippen molar-refractivity contribution in [2.45, 2.75) is 26.3 Å². The molecule has 0 aromatic carbocycles. The first-order valence-electron chi connectivity index (χ1n) is 5.64. The van der Waals surface area contributed by atoms with Gasteiger partial charge in [0.2, 0.25) is 0 Å². The minimum atomic E-state index is 0.760. The molecular weight excluding hydrogens is 220 g/mol. The van der Waals surface area contributed by atoms with Crippen LogP contribution in [-0.4, -0.2) is 19.8 Å². The Labute approximate surface area is 101 Å². The van der Waals surface area contributed by atoms with Crippen molar-refractivity contribution >= 4 is 11.3 Å². The van der Waals surface area contributed by atoms with Crippen molar-refractivity contribution in [1.29, 1.82) is 5.26 Å². The van der Waals surface area contributed by atoms with Crippen LogP contribution in [0.4, 0.5) is 0 Å². The van der Waals surface area contributed by atoms with Crippen LogP contribution in [0.15, 0.2) is 12.1 Å². The fourth-order valence-electron chi connectivity index (χ4n) is 1.24. The van der Waals surface area contributed by atoms with Gasteiger partial charge < -0.3 is 10.1 Å². The molecule has 0 spiro atoms. The second-order valence-corrected chi connectivity index (χ2v) is 4.69. The second-order valence-electron chi connectivity index (χ2n) is 3.52. The molecule has 1 aromatic heterocycles. The minimum Gasteiger partial charge on any atom is -0.380 e. The van der Waals surface area contributed by atoms with Crippen LogP contribution < -0.4 is 5.32 Å². The summed E-state index contributed by atoms with van der Waals surface area (Å²) in [6.07, 6.45) is 2.32. The number of rotatable bonds is 8. The van der Waals surface area contributed by atoms with Gasteiger partial charge in [0.15, 0.2) is 0 Å². The molecule has 0 atom stereocenters. The molecule has 0 fully saturated rings. The molecule has 3 nitrogen and oxygen atoms in total. The second kappa shape index (κ2) is 8.28. The zero-order chi connectivity index (χ0) is 11.6. The fraction of sp³-hybridized carbons (Fsp3) is 0.583. The Bertz CT molecular complexity index is 330. The van der Waals surface area contributed by atoms with Gasteiger partial charge in [0.25, 0.3) is 0 Å². The summed E-state index contributed by atoms with van der Waals surface area (Å²) < 4.78 is 5.43. The quantitative estimate of drug-likeness (QED) is 0.708. The number of unbranched alkanes of at least 4 members (excludes halogenated alkanes) is 1. The average molecular weight is 238 g/mol. The van der Waals surface area contributed by atoms with Crippen molar-refractivity contribution in [3.63, 3.8) is 0 Å². The fourth-order valence-corrected chi connectivity index (χ4v) is 2.01. The van der Waals surface area contributed by atoms with Gasteiger partial charge in [-0.25, -0.2) is 0 Å². The number of hydrogen-bond donors (Lipinski definition) is 1. The average Bonchev–Trinajstić information content (AvgIpc) is 2.76. The number of hydrogen-bond acceptors (Lipinski definition) is 4. The van der Waals surface area contributed by atoms with Crippen LogP contribution in [0.2, 0.25) is 0 Å². The van der Waals surface area contributed by atoms with E-state index in [4.69, 9.17) is 10.00 Å². The first kappa shape index (κ1) is 13.2. The van der Waals surface area contributed by atoms with E-state index in [1.807, 2.05) is 12.1 Å². The Kier molecular flexibility index (Phi) is 6.82. The first-order valence-corrected chi connectivity index (χ1v) is 6.45. The minimum absolute atomic E-state index is 0.760. The van der Waals surface area contributed by atoms with E-state index in [0.29, 0.717) is 0 Å². The molecule has 1 aromatic rings. The molecule has 4 heteroatoms. The zero-order valence-electron chi connectivity index (χ0n) is 9.66. The Morgan fingerprint density at radius 2 is 2.31 bits per heavy atom. The van der Waals surface area contributed by atoms with E-state index in [2.05, 4.69) is 18.3 Å². The van der Waals surface area contributed by atoms with Gasteiger partial charge in [-0.2, -0.15) is 5.26 Å². The van der Waals surface area contributed by atoms with Gasteiger partial charge in [-0.1, -0.05) is 13.3 Å². The summed E-state index contributed by atoms with van der Waals surface area (Å²) >= 11 is 1.54. The first-order chi connectivity index (χ1) is 7.86. The molecule has 1 N–H and O–H groups in total. The summed E-state index contributed by atoms with van der Waals surface area (Å²) in [6.45, 7) is 5.46. The van der Waals surface area contributed by atoms with E-state index in [9.17, 15) is 0 Å². The number of nitrogens with one attached hydrogen (secondary N) is 1. The van der Waals surface area contributed by atoms with Crippen LogP contribution in [-0.2, 0) is 11.3 Å². The molecule has 0 amide bonds. The summed E-state index contributed by atoms with van der Waals surface area (Å²) in [5, 5.41) is 12.0. The molecule has 0 saturated heterocycles. The lowest BCUT2D eigenvalue weighted by atomic mass is 10.4. The Hall–Kier alpha value is -0.890. The van der Waals surface area contributed by atoms with Crippen LogP contribution in [0.5, 0.6) is 0 Å². The summed E-state index contributed by atoms with van der Waals surface area (Å²) in [7, 11) is 0. The van der Waals surface area contributed by atoms with Gasteiger partial charge in [0, 0.05) is 24.6 Å². The molecule has 0 unspecified atom stereocenters. The lowest BCUT2D eigenvalue weighted by molar-refractivity contribution is 0.133. The maximum atomic E-state index is 8.66. The van der Waals surface area contributed by atoms with Crippen molar-refractivity contribution in [3.8, 4) is 6.07 Å². The van der Waals surface area contributed by atoms with Gasteiger partial charge in [0.1, 0.15) is 10.9 Å². The normalized spacial score (nSPS) is 10.2. The predicted octanol–water partition coefficient (Wildman–Crippen LogP) is 2.53. The Balaban J connectivity index is 2.01. The van der Waals surface area contributed by atoms with Crippen LogP contribution in [0, 0.1) is 11.3 Å². The van der Waals surface area contributed by atoms with Crippen molar-refractivity contribution in [2.24, 2.45) is 0 Å². The van der Waals surface area contributed by atoms with Crippen LogP contribution in [0.25, 0.3) is 0 Å². The van der Waals surface area contributed by atoms with Crippen LogP contribution in [0.1, 0.15) is 29.5 Å². The highest BCUT2D eigenvalue weighted by Gasteiger charge is 1.98. The third-order valence-electron chi connectivity index (χ3n) is 2.14. The standard InChI is InChI=1S/C12H18N2OS/c1-2-3-7-15-8-6-14-10-12-5-4-11(9-13)16-12/h4-5,14H,2-3,6-8,10H2,1H3. The summed E-state index contributed by atoms with van der Waals surface area (Å²) in [5.74, 6) is 0. The highest BCUT2D eigenvalue weighted by Crippen LogP contribution is 2.14. The van der Waals surface area contributed by atoms with Gasteiger partial charge in [-0.3, -0.25) is 0 Å². The van der Waals surface area contributed by atoms with Gasteiger partial charge in [-0.15, -0.1) is 11.3 Å². The highest BCUT2D eigenvalue weighted by molar-refractivity contribution is 7.12. The third-order valence-corrected chi connectivity index (χ3v) is 3.13. The molecule has 0 bridgehead atoms. The van der Waals surface area contributed by atoms with Crippen molar-refractivity contribution in [2.75, 3.05) is 19.8 Å². The molecule has 0 aliphatic heterocycles. The van der Waals surface area contributed by atoms with E-state index in [1.54, 1.807) is 11.3 Å². The maximum absolute atomic E-state index is 8.66. The van der Waals surface area contributed by atoms with E-state index in [0.717, 1.165) is 37.6 Å². The van der Waals surface area contributed by atoms with Gasteiger partial charge in [0.05, 0.1) is 6.61 Å². The summed E-state index contributed by atoms with van der Waals surface area (Å²) in [6, 6.07) is 5.99. The van der Waals surface area contributed by atoms with E-state index in [-0.39, 0.29) is 0 Å². The van der Waals surface area contributed by atoms with Crippen molar-refractivity contribution in [1.82, 2.24) is 5.32 Å². The number of ether oxygens (including phenoxy) is 1. The lowest BCUT2D eigenvalue weighted by Gasteiger charge is -2.04. The number of thiophene rings is 1. The van der Waals surface area contributed by atoms with Gasteiger partial charge >= 0.3 is 0 Å². The van der Waals surface area contributed by atoms with Crippen molar-refractivity contribution < 1.29 is 4.74 Å². The molecule has 0 radical (unpaired) electrons. The molecule has 1 heterocycles. The smallest absolute Gasteiger partial charge is 0.110 e. The zero-order valence-corrected chi connectivity index (χ0v) is 10.5. The Morgan fingerprint density at radius 1 is 1.44 bits per heavy atom. The monoisotopic (exact) mass is 238 g/mol. The van der Waals surface area contributed by atoms with Crippen LogP contribution >= 0.6 is 11.3 Å². The molecule has 0 aliphatic carbocycles. The number of nitriles is 1. The topological polar surface area (TPSA) is 45.0 Å². The van der Waals surface area contributed by atoms with Crippen molar-refractivity contribution in [3.05, 3.63) is 21.9 Å². The maximum Gasteiger partial charge on any atom is 0.110 e. The number of nitrogens with zero attached hydrogens (tertiary/aromatic N) is 1. The Morgan fingerprint density at radius 3 is 3.00 bits per heavy atom. The molecular formula is C12H18N2OS. The molecule has 0 aliphatic rings. The highest BCUT2D eigenvalue weighted by atomic mass is 32.1. The lowest BCUT2D eigenvalue weighted by Crippen LogP contribution is -2.18. The predicted molar refractivity (Wildman–Crippen MR) is 66.5 cm³/mol.